The minimum atomic E-state index is -3.54. The third-order valence-corrected chi connectivity index (χ3v) is 5.52. The molecule has 0 N–H and O–H groups in total. The molecule has 0 atom stereocenters. The van der Waals surface area contributed by atoms with Crippen LogP contribution in [-0.2, 0) is 14.6 Å². The van der Waals surface area contributed by atoms with Gasteiger partial charge in [-0.05, 0) is 24.3 Å². The second-order valence-electron chi connectivity index (χ2n) is 5.38. The van der Waals surface area contributed by atoms with Gasteiger partial charge in [-0.1, -0.05) is 36.4 Å². The third kappa shape index (κ3) is 3.16. The van der Waals surface area contributed by atoms with Crippen LogP contribution < -0.4 is 4.90 Å². The van der Waals surface area contributed by atoms with E-state index in [0.717, 1.165) is 4.90 Å². The fraction of sp³-hybridized carbons (Fsp3) is 0.176. The molecule has 0 radical (unpaired) electrons. The van der Waals surface area contributed by atoms with Crippen molar-refractivity contribution in [2.24, 2.45) is 0 Å². The highest BCUT2D eigenvalue weighted by Gasteiger charge is 2.37. The van der Waals surface area contributed by atoms with Gasteiger partial charge in [0.05, 0.1) is 10.6 Å². The molecule has 1 saturated heterocycles. The van der Waals surface area contributed by atoms with Crippen LogP contribution in [0.15, 0.2) is 65.6 Å². The van der Waals surface area contributed by atoms with Gasteiger partial charge in [-0.2, -0.15) is 0 Å². The number of para-hydroxylation sites is 1. The van der Waals surface area contributed by atoms with E-state index in [0.29, 0.717) is 5.69 Å². The van der Waals surface area contributed by atoms with Crippen molar-refractivity contribution >= 4 is 27.5 Å². The normalized spacial score (nSPS) is 15.2. The van der Waals surface area contributed by atoms with Gasteiger partial charge in [-0.3, -0.25) is 14.6 Å². The molecule has 1 aliphatic heterocycles. The van der Waals surface area contributed by atoms with E-state index in [4.69, 9.17) is 0 Å². The van der Waals surface area contributed by atoms with Crippen LogP contribution in [0.5, 0.6) is 0 Å². The van der Waals surface area contributed by atoms with Crippen molar-refractivity contribution in [2.75, 3.05) is 23.7 Å². The Labute approximate surface area is 140 Å². The zero-order chi connectivity index (χ0) is 17.2. The number of rotatable bonds is 5. The first-order valence-electron chi connectivity index (χ1n) is 7.44. The number of amides is 3. The second kappa shape index (κ2) is 6.45. The van der Waals surface area contributed by atoms with Gasteiger partial charge in [-0.15, -0.1) is 0 Å². The van der Waals surface area contributed by atoms with Crippen molar-refractivity contribution in [3.05, 3.63) is 60.7 Å². The van der Waals surface area contributed by atoms with Crippen LogP contribution in [0.1, 0.15) is 0 Å². The van der Waals surface area contributed by atoms with Gasteiger partial charge in [0, 0.05) is 12.2 Å². The summed E-state index contributed by atoms with van der Waals surface area (Å²) in [4.78, 5) is 27.0. The standard InChI is InChI=1S/C17H16N2O4S/c20-16-13-19(14-7-3-1-4-8-14)17(21)18(16)11-12-24(22,23)15-9-5-2-6-10-15/h1-10H,11-13H2. The van der Waals surface area contributed by atoms with Crippen LogP contribution in [0, 0.1) is 0 Å². The molecule has 0 spiro atoms. The molecule has 6 nitrogen and oxygen atoms in total. The first-order valence-corrected chi connectivity index (χ1v) is 9.09. The molecule has 2 aromatic rings. The summed E-state index contributed by atoms with van der Waals surface area (Å²) in [7, 11) is -3.54. The minimum Gasteiger partial charge on any atom is -0.285 e. The minimum absolute atomic E-state index is 0.0752. The molecule has 3 rings (SSSR count). The molecule has 124 valence electrons. The Morgan fingerprint density at radius 1 is 0.875 bits per heavy atom. The maximum atomic E-state index is 12.4. The summed E-state index contributed by atoms with van der Waals surface area (Å²) in [5, 5.41) is 0. The Hall–Kier alpha value is -2.67. The van der Waals surface area contributed by atoms with E-state index in [1.54, 1.807) is 42.5 Å². The first-order chi connectivity index (χ1) is 11.5. The Kier molecular flexibility index (Phi) is 4.35. The van der Waals surface area contributed by atoms with Crippen LogP contribution >= 0.6 is 0 Å². The number of imide groups is 1. The highest BCUT2D eigenvalue weighted by Crippen LogP contribution is 2.21. The maximum Gasteiger partial charge on any atom is 0.331 e. The van der Waals surface area contributed by atoms with Crippen LogP contribution in [0.4, 0.5) is 10.5 Å². The van der Waals surface area contributed by atoms with Gasteiger partial charge in [0.2, 0.25) is 0 Å². The molecule has 1 heterocycles. The van der Waals surface area contributed by atoms with Crippen LogP contribution in [0.2, 0.25) is 0 Å². The number of nitrogens with zero attached hydrogens (tertiary/aromatic N) is 2. The van der Waals surface area contributed by atoms with E-state index in [9.17, 15) is 18.0 Å². The highest BCUT2D eigenvalue weighted by molar-refractivity contribution is 7.91. The number of sulfone groups is 1. The summed E-state index contributed by atoms with van der Waals surface area (Å²) in [5.41, 5.74) is 0.615. The lowest BCUT2D eigenvalue weighted by atomic mass is 10.3. The maximum absolute atomic E-state index is 12.4. The third-order valence-electron chi connectivity index (χ3n) is 3.81. The monoisotopic (exact) mass is 344 g/mol. The molecular weight excluding hydrogens is 328 g/mol. The topological polar surface area (TPSA) is 74.8 Å². The number of hydrogen-bond donors (Lipinski definition) is 0. The number of carbonyl (C=O) groups excluding carboxylic acids is 2. The van der Waals surface area contributed by atoms with Gasteiger partial charge < -0.3 is 0 Å². The molecule has 1 fully saturated rings. The Balaban J connectivity index is 1.72. The Morgan fingerprint density at radius 3 is 2.08 bits per heavy atom. The summed E-state index contributed by atoms with van der Waals surface area (Å²) in [6.07, 6.45) is 0. The van der Waals surface area contributed by atoms with E-state index in [1.165, 1.54) is 17.0 Å². The molecule has 0 unspecified atom stereocenters. The average Bonchev–Trinajstić information content (AvgIpc) is 2.89. The fourth-order valence-electron chi connectivity index (χ4n) is 2.53. The Morgan fingerprint density at radius 2 is 1.46 bits per heavy atom. The van der Waals surface area contributed by atoms with Crippen molar-refractivity contribution in [3.63, 3.8) is 0 Å². The van der Waals surface area contributed by atoms with Crippen molar-refractivity contribution in [1.29, 1.82) is 0 Å². The molecule has 7 heteroatoms. The smallest absolute Gasteiger partial charge is 0.285 e. The number of anilines is 1. The van der Waals surface area contributed by atoms with E-state index in [1.807, 2.05) is 6.07 Å². The van der Waals surface area contributed by atoms with E-state index >= 15 is 0 Å². The molecule has 0 aliphatic carbocycles. The van der Waals surface area contributed by atoms with Crippen molar-refractivity contribution < 1.29 is 18.0 Å². The lowest BCUT2D eigenvalue weighted by Crippen LogP contribution is -2.36. The number of benzene rings is 2. The predicted octanol–water partition coefficient (Wildman–Crippen LogP) is 1.93. The molecule has 2 aromatic carbocycles. The van der Waals surface area contributed by atoms with E-state index in [-0.39, 0.29) is 23.7 Å². The van der Waals surface area contributed by atoms with Gasteiger partial charge in [0.1, 0.15) is 6.54 Å². The first kappa shape index (κ1) is 16.2. The highest BCUT2D eigenvalue weighted by atomic mass is 32.2. The van der Waals surface area contributed by atoms with E-state index < -0.39 is 21.8 Å². The van der Waals surface area contributed by atoms with Crippen LogP contribution in [-0.4, -0.2) is 44.1 Å². The number of hydrogen-bond acceptors (Lipinski definition) is 4. The van der Waals surface area contributed by atoms with Gasteiger partial charge in [0.15, 0.2) is 9.84 Å². The fourth-order valence-corrected chi connectivity index (χ4v) is 3.76. The Bertz CT molecular complexity index is 851. The van der Waals surface area contributed by atoms with Gasteiger partial charge in [0.25, 0.3) is 5.91 Å². The van der Waals surface area contributed by atoms with Crippen molar-refractivity contribution in [2.45, 2.75) is 4.90 Å². The second-order valence-corrected chi connectivity index (χ2v) is 7.49. The van der Waals surface area contributed by atoms with Crippen molar-refractivity contribution in [3.8, 4) is 0 Å². The average molecular weight is 344 g/mol. The molecule has 0 bridgehead atoms. The molecule has 3 amide bonds. The SMILES string of the molecule is O=C1CN(c2ccccc2)C(=O)N1CCS(=O)(=O)c1ccccc1. The lowest BCUT2D eigenvalue weighted by Gasteiger charge is -2.17. The van der Waals surface area contributed by atoms with Crippen LogP contribution in [0.3, 0.4) is 0 Å². The quantitative estimate of drug-likeness (QED) is 0.777. The summed E-state index contributed by atoms with van der Waals surface area (Å²) in [6, 6.07) is 16.3. The van der Waals surface area contributed by atoms with Gasteiger partial charge >= 0.3 is 6.03 Å². The molecule has 0 aromatic heterocycles. The summed E-state index contributed by atoms with van der Waals surface area (Å²) in [6.45, 7) is -0.230. The van der Waals surface area contributed by atoms with Crippen molar-refractivity contribution in [1.82, 2.24) is 4.90 Å². The lowest BCUT2D eigenvalue weighted by molar-refractivity contribution is -0.124. The number of carbonyl (C=O) groups is 2. The summed E-state index contributed by atoms with van der Waals surface area (Å²) in [5.74, 6) is -0.691. The molecule has 1 aliphatic rings. The predicted molar refractivity (Wildman–Crippen MR) is 89.4 cm³/mol. The van der Waals surface area contributed by atoms with Gasteiger partial charge in [-0.25, -0.2) is 13.2 Å². The molecule has 0 saturated carbocycles. The zero-order valence-electron chi connectivity index (χ0n) is 12.8. The summed E-state index contributed by atoms with van der Waals surface area (Å²) < 4.78 is 24.6. The van der Waals surface area contributed by atoms with E-state index in [2.05, 4.69) is 0 Å². The zero-order valence-corrected chi connectivity index (χ0v) is 13.6. The largest absolute Gasteiger partial charge is 0.331 e. The molecule has 24 heavy (non-hydrogen) atoms. The molecular formula is C17H16N2O4S. The summed E-state index contributed by atoms with van der Waals surface area (Å²) >= 11 is 0. The van der Waals surface area contributed by atoms with Crippen LogP contribution in [0.25, 0.3) is 0 Å². The number of urea groups is 1.